The fourth-order valence-electron chi connectivity index (χ4n) is 3.81. The maximum Gasteiger partial charge on any atom is 0.223 e. The molecule has 0 radical (unpaired) electrons. The van der Waals surface area contributed by atoms with Crippen LogP contribution in [0, 0.1) is 0 Å². The monoisotopic (exact) mass is 386 g/mol. The molecule has 7 nitrogen and oxygen atoms in total. The molecule has 0 bridgehead atoms. The summed E-state index contributed by atoms with van der Waals surface area (Å²) < 4.78 is 13.2. The van der Waals surface area contributed by atoms with Crippen LogP contribution in [0.15, 0.2) is 36.7 Å². The largest absolute Gasteiger partial charge is 0.496 e. The standard InChI is InChI=1S/C21H30N4O3/c1-23(2)15-19-21(17-13-22-24(3)14-17)25(11-12-28-19)20(26)10-9-16-7-5-6-8-18(16)27-4/h5-8,13-14,19,21H,9-12,15H2,1-4H3/t19-,21-/m0/s1. The molecule has 1 aromatic heterocycles. The average molecular weight is 386 g/mol. The Labute approximate surface area is 166 Å². The summed E-state index contributed by atoms with van der Waals surface area (Å²) in [6.45, 7) is 1.89. The van der Waals surface area contributed by atoms with Gasteiger partial charge in [0.1, 0.15) is 5.75 Å². The maximum atomic E-state index is 13.2. The predicted molar refractivity (Wildman–Crippen MR) is 107 cm³/mol. The number of rotatable bonds is 7. The summed E-state index contributed by atoms with van der Waals surface area (Å²) in [4.78, 5) is 17.2. The number of methoxy groups -OCH3 is 1. The van der Waals surface area contributed by atoms with Crippen LogP contribution in [0.4, 0.5) is 0 Å². The van der Waals surface area contributed by atoms with E-state index in [1.165, 1.54) is 0 Å². The van der Waals surface area contributed by atoms with Crippen LogP contribution in [-0.4, -0.2) is 72.5 Å². The van der Waals surface area contributed by atoms with Gasteiger partial charge < -0.3 is 19.3 Å². The molecule has 0 unspecified atom stereocenters. The summed E-state index contributed by atoms with van der Waals surface area (Å²) >= 11 is 0. The molecule has 152 valence electrons. The van der Waals surface area contributed by atoms with E-state index in [-0.39, 0.29) is 18.1 Å². The molecular formula is C21H30N4O3. The Bertz CT molecular complexity index is 789. The SMILES string of the molecule is COc1ccccc1CCC(=O)N1CCO[C@@H](CN(C)C)[C@@H]1c1cnn(C)c1. The van der Waals surface area contributed by atoms with Gasteiger partial charge in [0.15, 0.2) is 0 Å². The lowest BCUT2D eigenvalue weighted by Crippen LogP contribution is -2.51. The number of morpholine rings is 1. The molecule has 1 saturated heterocycles. The molecule has 1 aliphatic rings. The van der Waals surface area contributed by atoms with Crippen molar-refractivity contribution in [3.8, 4) is 5.75 Å². The second-order valence-corrected chi connectivity index (χ2v) is 7.46. The van der Waals surface area contributed by atoms with Crippen LogP contribution in [-0.2, 0) is 23.0 Å². The van der Waals surface area contributed by atoms with E-state index in [0.29, 0.717) is 26.0 Å². The van der Waals surface area contributed by atoms with Crippen LogP contribution < -0.4 is 4.74 Å². The molecule has 1 amide bonds. The van der Waals surface area contributed by atoms with Crippen LogP contribution in [0.3, 0.4) is 0 Å². The lowest BCUT2D eigenvalue weighted by Gasteiger charge is -2.42. The number of aromatic nitrogens is 2. The first-order valence-corrected chi connectivity index (χ1v) is 9.66. The van der Waals surface area contributed by atoms with Gasteiger partial charge in [0.25, 0.3) is 0 Å². The molecule has 28 heavy (non-hydrogen) atoms. The summed E-state index contributed by atoms with van der Waals surface area (Å²) in [5.74, 6) is 0.957. The van der Waals surface area contributed by atoms with E-state index in [9.17, 15) is 4.79 Å². The minimum Gasteiger partial charge on any atom is -0.496 e. The highest BCUT2D eigenvalue weighted by Crippen LogP contribution is 2.31. The number of carbonyl (C=O) groups excluding carboxylic acids is 1. The lowest BCUT2D eigenvalue weighted by atomic mass is 9.99. The Balaban J connectivity index is 1.77. The second kappa shape index (κ2) is 9.21. The highest BCUT2D eigenvalue weighted by Gasteiger charge is 2.37. The quantitative estimate of drug-likeness (QED) is 0.727. The van der Waals surface area contributed by atoms with E-state index in [1.807, 2.05) is 62.7 Å². The summed E-state index contributed by atoms with van der Waals surface area (Å²) in [5, 5.41) is 4.31. The van der Waals surface area contributed by atoms with Gasteiger partial charge >= 0.3 is 0 Å². The summed E-state index contributed by atoms with van der Waals surface area (Å²) in [7, 11) is 7.59. The van der Waals surface area contributed by atoms with Crippen molar-refractivity contribution in [1.82, 2.24) is 19.6 Å². The number of aryl methyl sites for hydroxylation is 2. The Kier molecular flexibility index (Phi) is 6.70. The molecule has 2 aromatic rings. The Morgan fingerprint density at radius 2 is 2.14 bits per heavy atom. The van der Waals surface area contributed by atoms with Crippen LogP contribution >= 0.6 is 0 Å². The first-order valence-electron chi connectivity index (χ1n) is 9.66. The summed E-state index contributed by atoms with van der Waals surface area (Å²) in [5.41, 5.74) is 2.06. The van der Waals surface area contributed by atoms with Gasteiger partial charge in [-0.3, -0.25) is 9.48 Å². The highest BCUT2D eigenvalue weighted by molar-refractivity contribution is 5.77. The fraction of sp³-hybridized carbons (Fsp3) is 0.524. The topological polar surface area (TPSA) is 59.8 Å². The molecule has 2 heterocycles. The van der Waals surface area contributed by atoms with E-state index < -0.39 is 0 Å². The van der Waals surface area contributed by atoms with Crippen LogP contribution in [0.25, 0.3) is 0 Å². The number of ether oxygens (including phenoxy) is 2. The lowest BCUT2D eigenvalue weighted by molar-refractivity contribution is -0.148. The predicted octanol–water partition coefficient (Wildman–Crippen LogP) is 1.89. The molecular weight excluding hydrogens is 356 g/mol. The minimum absolute atomic E-state index is 0.0804. The highest BCUT2D eigenvalue weighted by atomic mass is 16.5. The third-order valence-corrected chi connectivity index (χ3v) is 5.08. The molecule has 3 rings (SSSR count). The summed E-state index contributed by atoms with van der Waals surface area (Å²) in [6.07, 6.45) is 4.82. The molecule has 1 aromatic carbocycles. The van der Waals surface area contributed by atoms with Gasteiger partial charge in [-0.25, -0.2) is 0 Å². The van der Waals surface area contributed by atoms with Crippen molar-refractivity contribution in [3.63, 3.8) is 0 Å². The zero-order valence-corrected chi connectivity index (χ0v) is 17.2. The van der Waals surface area contributed by atoms with Crippen molar-refractivity contribution in [3.05, 3.63) is 47.8 Å². The van der Waals surface area contributed by atoms with E-state index in [4.69, 9.17) is 9.47 Å². The average Bonchev–Trinajstić information content (AvgIpc) is 3.11. The number of benzene rings is 1. The van der Waals surface area contributed by atoms with Crippen molar-refractivity contribution in [1.29, 1.82) is 0 Å². The van der Waals surface area contributed by atoms with E-state index >= 15 is 0 Å². The number of nitrogens with zero attached hydrogens (tertiary/aromatic N) is 4. The maximum absolute atomic E-state index is 13.2. The Morgan fingerprint density at radius 3 is 2.82 bits per heavy atom. The molecule has 0 N–H and O–H groups in total. The molecule has 1 aliphatic heterocycles. The van der Waals surface area contributed by atoms with Gasteiger partial charge in [-0.2, -0.15) is 5.10 Å². The Hall–Kier alpha value is -2.38. The Morgan fingerprint density at radius 1 is 1.36 bits per heavy atom. The normalized spacial score (nSPS) is 19.8. The zero-order valence-electron chi connectivity index (χ0n) is 17.2. The number of carbonyl (C=O) groups is 1. The van der Waals surface area contributed by atoms with E-state index in [1.54, 1.807) is 11.8 Å². The molecule has 1 fully saturated rings. The minimum atomic E-state index is -0.130. The van der Waals surface area contributed by atoms with Gasteiger partial charge in [0.2, 0.25) is 5.91 Å². The van der Waals surface area contributed by atoms with E-state index in [2.05, 4.69) is 10.00 Å². The van der Waals surface area contributed by atoms with Gasteiger partial charge in [-0.05, 0) is 32.1 Å². The molecule has 0 aliphatic carbocycles. The fourth-order valence-corrected chi connectivity index (χ4v) is 3.81. The van der Waals surface area contributed by atoms with Gasteiger partial charge in [0, 0.05) is 38.3 Å². The van der Waals surface area contributed by atoms with Crippen molar-refractivity contribution in [2.75, 3.05) is 40.9 Å². The molecule has 0 spiro atoms. The molecule has 7 heteroatoms. The van der Waals surface area contributed by atoms with Crippen molar-refractivity contribution in [2.45, 2.75) is 25.0 Å². The molecule has 0 saturated carbocycles. The van der Waals surface area contributed by atoms with Crippen LogP contribution in [0.5, 0.6) is 5.75 Å². The first-order chi connectivity index (χ1) is 13.5. The number of amides is 1. The van der Waals surface area contributed by atoms with Crippen molar-refractivity contribution >= 4 is 5.91 Å². The first kappa shape index (κ1) is 20.4. The van der Waals surface area contributed by atoms with Crippen molar-refractivity contribution < 1.29 is 14.3 Å². The van der Waals surface area contributed by atoms with Crippen LogP contribution in [0.2, 0.25) is 0 Å². The third kappa shape index (κ3) is 4.72. The van der Waals surface area contributed by atoms with Crippen molar-refractivity contribution in [2.24, 2.45) is 7.05 Å². The zero-order chi connectivity index (χ0) is 20.1. The molecule has 2 atom stereocenters. The number of hydrogen-bond acceptors (Lipinski definition) is 5. The number of hydrogen-bond donors (Lipinski definition) is 0. The van der Waals surface area contributed by atoms with E-state index in [0.717, 1.165) is 23.4 Å². The van der Waals surface area contributed by atoms with Gasteiger partial charge in [-0.15, -0.1) is 0 Å². The third-order valence-electron chi connectivity index (χ3n) is 5.08. The number of likely N-dealkylation sites (N-methyl/N-ethyl adjacent to an activating group) is 1. The smallest absolute Gasteiger partial charge is 0.223 e. The number of para-hydroxylation sites is 1. The van der Waals surface area contributed by atoms with Crippen LogP contribution in [0.1, 0.15) is 23.6 Å². The second-order valence-electron chi connectivity index (χ2n) is 7.46. The van der Waals surface area contributed by atoms with Gasteiger partial charge in [0.05, 0.1) is 32.1 Å². The van der Waals surface area contributed by atoms with Gasteiger partial charge in [-0.1, -0.05) is 18.2 Å². The summed E-state index contributed by atoms with van der Waals surface area (Å²) in [6, 6.07) is 7.73.